The first-order valence-corrected chi connectivity index (χ1v) is 7.10. The molecule has 20 heavy (non-hydrogen) atoms. The van der Waals surface area contributed by atoms with E-state index in [1.165, 1.54) is 0 Å². The largest absolute Gasteiger partial charge is 0.388 e. The number of ether oxygens (including phenoxy) is 1. The van der Waals surface area contributed by atoms with Crippen LogP contribution in [0.3, 0.4) is 0 Å². The zero-order valence-corrected chi connectivity index (χ0v) is 12.3. The summed E-state index contributed by atoms with van der Waals surface area (Å²) in [6.45, 7) is 0.954. The lowest BCUT2D eigenvalue weighted by molar-refractivity contribution is 0.0157. The normalized spacial score (nSPS) is 17.1. The highest BCUT2D eigenvalue weighted by molar-refractivity contribution is 5.94. The van der Waals surface area contributed by atoms with E-state index >= 15 is 0 Å². The summed E-state index contributed by atoms with van der Waals surface area (Å²) in [4.78, 5) is 13.9. The molecule has 1 fully saturated rings. The van der Waals surface area contributed by atoms with Crippen molar-refractivity contribution in [1.82, 2.24) is 4.90 Å². The van der Waals surface area contributed by atoms with Crippen molar-refractivity contribution < 1.29 is 14.6 Å². The highest BCUT2D eigenvalue weighted by atomic mass is 16.5. The summed E-state index contributed by atoms with van der Waals surface area (Å²) >= 11 is 0. The summed E-state index contributed by atoms with van der Waals surface area (Å²) in [5.74, 6) is -0.0470. The smallest absolute Gasteiger partial charge is 0.253 e. The van der Waals surface area contributed by atoms with Gasteiger partial charge in [-0.25, -0.2) is 0 Å². The number of carbonyl (C=O) groups is 1. The first kappa shape index (κ1) is 15.0. The SMILES string of the molecule is COCc1ccc(C(=O)N(C)CC2(O)CCCC2)cc1. The van der Waals surface area contributed by atoms with Gasteiger partial charge in [-0.1, -0.05) is 25.0 Å². The van der Waals surface area contributed by atoms with Gasteiger partial charge < -0.3 is 14.7 Å². The van der Waals surface area contributed by atoms with Crippen molar-refractivity contribution in [2.75, 3.05) is 20.7 Å². The summed E-state index contributed by atoms with van der Waals surface area (Å²) in [5.41, 5.74) is 0.996. The third-order valence-corrected chi connectivity index (χ3v) is 3.92. The van der Waals surface area contributed by atoms with Gasteiger partial charge in [0.25, 0.3) is 5.91 Å². The Balaban J connectivity index is 1.99. The number of hydrogen-bond donors (Lipinski definition) is 1. The Morgan fingerprint density at radius 3 is 2.45 bits per heavy atom. The van der Waals surface area contributed by atoms with Crippen LogP contribution in [0.15, 0.2) is 24.3 Å². The lowest BCUT2D eigenvalue weighted by Gasteiger charge is -2.28. The van der Waals surface area contributed by atoms with Gasteiger partial charge in [0.15, 0.2) is 0 Å². The van der Waals surface area contributed by atoms with Crippen LogP contribution < -0.4 is 0 Å². The average Bonchev–Trinajstić information content (AvgIpc) is 2.85. The van der Waals surface area contributed by atoms with Crippen molar-refractivity contribution in [2.45, 2.75) is 37.9 Å². The zero-order chi connectivity index (χ0) is 14.6. The summed E-state index contributed by atoms with van der Waals surface area (Å²) in [5, 5.41) is 10.4. The second kappa shape index (κ2) is 6.37. The molecule has 1 aromatic rings. The maximum absolute atomic E-state index is 12.3. The van der Waals surface area contributed by atoms with E-state index in [9.17, 15) is 9.90 Å². The Morgan fingerprint density at radius 2 is 1.90 bits per heavy atom. The number of likely N-dealkylation sites (N-methyl/N-ethyl adjacent to an activating group) is 1. The molecule has 0 aromatic heterocycles. The maximum Gasteiger partial charge on any atom is 0.253 e. The van der Waals surface area contributed by atoms with Crippen molar-refractivity contribution in [2.24, 2.45) is 0 Å². The molecule has 1 aliphatic carbocycles. The molecule has 0 aliphatic heterocycles. The molecule has 1 aliphatic rings. The van der Waals surface area contributed by atoms with E-state index in [1.54, 1.807) is 19.1 Å². The number of aliphatic hydroxyl groups is 1. The molecule has 0 bridgehead atoms. The molecule has 0 unspecified atom stereocenters. The van der Waals surface area contributed by atoms with Gasteiger partial charge in [-0.05, 0) is 30.5 Å². The summed E-state index contributed by atoms with van der Waals surface area (Å²) < 4.78 is 5.05. The predicted octanol–water partition coefficient (Wildman–Crippen LogP) is 2.21. The van der Waals surface area contributed by atoms with E-state index in [0.717, 1.165) is 31.2 Å². The van der Waals surface area contributed by atoms with Crippen LogP contribution in [-0.4, -0.2) is 42.2 Å². The van der Waals surface area contributed by atoms with Crippen LogP contribution in [-0.2, 0) is 11.3 Å². The number of rotatable bonds is 5. The van der Waals surface area contributed by atoms with Gasteiger partial charge in [0.2, 0.25) is 0 Å². The van der Waals surface area contributed by atoms with Gasteiger partial charge in [-0.15, -0.1) is 0 Å². The molecule has 1 N–H and O–H groups in total. The molecule has 1 aromatic carbocycles. The van der Waals surface area contributed by atoms with E-state index in [4.69, 9.17) is 4.74 Å². The quantitative estimate of drug-likeness (QED) is 0.897. The Bertz CT molecular complexity index is 449. The molecule has 1 saturated carbocycles. The second-order valence-corrected chi connectivity index (χ2v) is 5.72. The van der Waals surface area contributed by atoms with Crippen LogP contribution in [0.25, 0.3) is 0 Å². The molecule has 2 rings (SSSR count). The van der Waals surface area contributed by atoms with Crippen molar-refractivity contribution in [3.05, 3.63) is 35.4 Å². The van der Waals surface area contributed by atoms with Crippen LogP contribution in [0.2, 0.25) is 0 Å². The van der Waals surface area contributed by atoms with Gasteiger partial charge in [0.05, 0.1) is 12.2 Å². The third-order valence-electron chi connectivity index (χ3n) is 3.92. The number of benzene rings is 1. The van der Waals surface area contributed by atoms with Gasteiger partial charge in [-0.2, -0.15) is 0 Å². The lowest BCUT2D eigenvalue weighted by atomic mass is 10.0. The minimum absolute atomic E-state index is 0.0470. The summed E-state index contributed by atoms with van der Waals surface area (Å²) in [6, 6.07) is 7.42. The fourth-order valence-corrected chi connectivity index (χ4v) is 2.84. The van der Waals surface area contributed by atoms with E-state index in [-0.39, 0.29) is 5.91 Å². The molecular formula is C16H23NO3. The van der Waals surface area contributed by atoms with E-state index < -0.39 is 5.60 Å². The molecule has 4 nitrogen and oxygen atoms in total. The highest BCUT2D eigenvalue weighted by Gasteiger charge is 2.33. The minimum atomic E-state index is -0.694. The second-order valence-electron chi connectivity index (χ2n) is 5.72. The van der Waals surface area contributed by atoms with Crippen molar-refractivity contribution in [1.29, 1.82) is 0 Å². The molecule has 4 heteroatoms. The monoisotopic (exact) mass is 277 g/mol. The van der Waals surface area contributed by atoms with Crippen LogP contribution in [0.5, 0.6) is 0 Å². The zero-order valence-electron chi connectivity index (χ0n) is 12.3. The molecular weight excluding hydrogens is 254 g/mol. The molecule has 0 heterocycles. The van der Waals surface area contributed by atoms with Gasteiger partial charge in [-0.3, -0.25) is 4.79 Å². The number of methoxy groups -OCH3 is 1. The molecule has 1 amide bonds. The molecule has 0 saturated heterocycles. The Labute approximate surface area is 120 Å². The van der Waals surface area contributed by atoms with Crippen LogP contribution >= 0.6 is 0 Å². The van der Waals surface area contributed by atoms with Gasteiger partial charge in [0, 0.05) is 26.3 Å². The maximum atomic E-state index is 12.3. The number of nitrogens with zero attached hydrogens (tertiary/aromatic N) is 1. The van der Waals surface area contributed by atoms with Gasteiger partial charge in [0.1, 0.15) is 0 Å². The third kappa shape index (κ3) is 3.58. The topological polar surface area (TPSA) is 49.8 Å². The highest BCUT2D eigenvalue weighted by Crippen LogP contribution is 2.30. The summed E-state index contributed by atoms with van der Waals surface area (Å²) in [6.07, 6.45) is 3.67. The Kier molecular flexibility index (Phi) is 4.78. The molecule has 110 valence electrons. The molecule has 0 spiro atoms. The van der Waals surface area contributed by atoms with Gasteiger partial charge >= 0.3 is 0 Å². The van der Waals surface area contributed by atoms with E-state index in [1.807, 2.05) is 24.3 Å². The minimum Gasteiger partial charge on any atom is -0.388 e. The summed E-state index contributed by atoms with van der Waals surface area (Å²) in [7, 11) is 3.40. The van der Waals surface area contributed by atoms with Crippen molar-refractivity contribution in [3.8, 4) is 0 Å². The van der Waals surface area contributed by atoms with Crippen LogP contribution in [0, 0.1) is 0 Å². The van der Waals surface area contributed by atoms with Crippen LogP contribution in [0.4, 0.5) is 0 Å². The number of hydrogen-bond acceptors (Lipinski definition) is 3. The Morgan fingerprint density at radius 1 is 1.30 bits per heavy atom. The fraction of sp³-hybridized carbons (Fsp3) is 0.562. The molecule has 0 atom stereocenters. The first-order valence-electron chi connectivity index (χ1n) is 7.10. The first-order chi connectivity index (χ1) is 9.54. The van der Waals surface area contributed by atoms with E-state index in [2.05, 4.69) is 0 Å². The number of amides is 1. The predicted molar refractivity (Wildman–Crippen MR) is 77.5 cm³/mol. The van der Waals surface area contributed by atoms with E-state index in [0.29, 0.717) is 18.7 Å². The van der Waals surface area contributed by atoms with Crippen molar-refractivity contribution >= 4 is 5.91 Å². The average molecular weight is 277 g/mol. The standard InChI is InChI=1S/C16H23NO3/c1-17(12-16(19)9-3-4-10-16)15(18)14-7-5-13(6-8-14)11-20-2/h5-8,19H,3-4,9-12H2,1-2H3. The fourth-order valence-electron chi connectivity index (χ4n) is 2.84. The number of carbonyl (C=O) groups excluding carboxylic acids is 1. The lowest BCUT2D eigenvalue weighted by Crippen LogP contribution is -2.42. The van der Waals surface area contributed by atoms with Crippen molar-refractivity contribution in [3.63, 3.8) is 0 Å². The van der Waals surface area contributed by atoms with Crippen LogP contribution in [0.1, 0.15) is 41.6 Å². The Hall–Kier alpha value is -1.39. The molecule has 0 radical (unpaired) electrons.